The maximum Gasteiger partial charge on any atom is 0.0729 e. The van der Waals surface area contributed by atoms with Gasteiger partial charge in [0, 0.05) is 25.9 Å². The van der Waals surface area contributed by atoms with Crippen LogP contribution in [0.25, 0.3) is 0 Å². The van der Waals surface area contributed by atoms with Crippen molar-refractivity contribution in [1.29, 1.82) is 0 Å². The highest BCUT2D eigenvalue weighted by Gasteiger charge is 2.50. The molecule has 2 heterocycles. The van der Waals surface area contributed by atoms with Crippen LogP contribution in [-0.4, -0.2) is 31.5 Å². The molecule has 4 fully saturated rings. The Morgan fingerprint density at radius 2 is 1.75 bits per heavy atom. The Morgan fingerprint density at radius 3 is 2.45 bits per heavy atom. The fourth-order valence-corrected chi connectivity index (χ4v) is 5.18. The zero-order valence-corrected chi connectivity index (χ0v) is 12.4. The summed E-state index contributed by atoms with van der Waals surface area (Å²) in [7, 11) is 0. The molecule has 4 nitrogen and oxygen atoms in total. The van der Waals surface area contributed by atoms with Crippen LogP contribution in [0.4, 0.5) is 0 Å². The summed E-state index contributed by atoms with van der Waals surface area (Å²) in [4.78, 5) is 0. The van der Waals surface area contributed by atoms with E-state index in [0.717, 1.165) is 50.4 Å². The summed E-state index contributed by atoms with van der Waals surface area (Å²) in [6, 6.07) is 0.506. The molecule has 0 amide bonds. The van der Waals surface area contributed by atoms with Crippen LogP contribution in [0.3, 0.4) is 0 Å². The van der Waals surface area contributed by atoms with Gasteiger partial charge in [-0.05, 0) is 68.6 Å². The van der Waals surface area contributed by atoms with E-state index in [2.05, 4.69) is 5.43 Å². The maximum absolute atomic E-state index is 6.18. The van der Waals surface area contributed by atoms with Crippen LogP contribution < -0.4 is 11.3 Å². The highest BCUT2D eigenvalue weighted by molar-refractivity contribution is 5.02. The van der Waals surface area contributed by atoms with E-state index in [4.69, 9.17) is 15.3 Å². The van der Waals surface area contributed by atoms with Gasteiger partial charge in [-0.15, -0.1) is 0 Å². The molecule has 4 heteroatoms. The average molecular weight is 280 g/mol. The van der Waals surface area contributed by atoms with Crippen LogP contribution >= 0.6 is 0 Å². The summed E-state index contributed by atoms with van der Waals surface area (Å²) in [5.74, 6) is 9.51. The molecular weight excluding hydrogens is 252 g/mol. The zero-order valence-electron chi connectivity index (χ0n) is 12.4. The van der Waals surface area contributed by atoms with Crippen molar-refractivity contribution in [3.05, 3.63) is 0 Å². The van der Waals surface area contributed by atoms with Crippen LogP contribution in [-0.2, 0) is 9.47 Å². The first-order chi connectivity index (χ1) is 9.80. The third kappa shape index (κ3) is 2.41. The number of rotatable bonds is 3. The van der Waals surface area contributed by atoms with Gasteiger partial charge < -0.3 is 9.47 Å². The van der Waals surface area contributed by atoms with Gasteiger partial charge in [0.05, 0.1) is 5.60 Å². The first kappa shape index (κ1) is 13.5. The molecule has 2 saturated heterocycles. The van der Waals surface area contributed by atoms with E-state index in [1.54, 1.807) is 0 Å². The number of nitrogens with two attached hydrogens (primary N) is 1. The third-order valence-corrected chi connectivity index (χ3v) is 6.42. The molecule has 0 aromatic carbocycles. The molecule has 2 aliphatic heterocycles. The monoisotopic (exact) mass is 280 g/mol. The second-order valence-corrected chi connectivity index (χ2v) is 7.58. The zero-order chi connectivity index (χ0) is 13.6. The first-order valence-corrected chi connectivity index (χ1v) is 8.47. The summed E-state index contributed by atoms with van der Waals surface area (Å²) < 4.78 is 11.7. The minimum atomic E-state index is 0.0950. The molecule has 20 heavy (non-hydrogen) atoms. The molecule has 0 aromatic heterocycles. The summed E-state index contributed by atoms with van der Waals surface area (Å²) in [5, 5.41) is 0. The third-order valence-electron chi connectivity index (χ3n) is 6.42. The van der Waals surface area contributed by atoms with Gasteiger partial charge in [0.1, 0.15) is 0 Å². The fourth-order valence-electron chi connectivity index (χ4n) is 5.18. The molecule has 114 valence electrons. The summed E-state index contributed by atoms with van der Waals surface area (Å²) in [6.45, 7) is 2.63. The molecule has 0 aromatic rings. The maximum atomic E-state index is 6.18. The van der Waals surface area contributed by atoms with Crippen LogP contribution in [0, 0.1) is 23.7 Å². The molecule has 0 bridgehead atoms. The summed E-state index contributed by atoms with van der Waals surface area (Å²) in [6.07, 6.45) is 8.79. The van der Waals surface area contributed by atoms with E-state index < -0.39 is 0 Å². The normalized spacial score (nSPS) is 44.2. The number of fused-ring (bicyclic) bond motifs is 1. The second kappa shape index (κ2) is 5.24. The van der Waals surface area contributed by atoms with E-state index in [9.17, 15) is 0 Å². The second-order valence-electron chi connectivity index (χ2n) is 7.58. The molecular formula is C16H28N2O2. The van der Waals surface area contributed by atoms with Crippen molar-refractivity contribution in [1.82, 2.24) is 5.43 Å². The number of nitrogens with one attached hydrogen (secondary N) is 1. The average Bonchev–Trinajstić information content (AvgIpc) is 3.08. The van der Waals surface area contributed by atoms with E-state index in [1.165, 1.54) is 32.1 Å². The summed E-state index contributed by atoms with van der Waals surface area (Å²) >= 11 is 0. The Morgan fingerprint density at radius 1 is 1.00 bits per heavy atom. The number of hydrogen-bond donors (Lipinski definition) is 2. The highest BCUT2D eigenvalue weighted by atomic mass is 16.5. The minimum Gasteiger partial charge on any atom is -0.381 e. The lowest BCUT2D eigenvalue weighted by molar-refractivity contribution is -0.152. The Balaban J connectivity index is 1.43. The van der Waals surface area contributed by atoms with Crippen molar-refractivity contribution in [2.45, 2.75) is 56.6 Å². The molecule has 4 aliphatic rings. The molecule has 4 atom stereocenters. The van der Waals surface area contributed by atoms with Crippen molar-refractivity contribution in [3.63, 3.8) is 0 Å². The Labute approximate surface area is 121 Å². The fraction of sp³-hybridized carbons (Fsp3) is 1.00. The standard InChI is InChI=1S/C16H28N2O2/c17-18-15(14-8-12-7-13(12)9-14)11-1-4-20-16(10-11)2-5-19-6-3-16/h11-15,18H,1-10,17H2. The Kier molecular flexibility index (Phi) is 3.53. The van der Waals surface area contributed by atoms with E-state index >= 15 is 0 Å². The van der Waals surface area contributed by atoms with Crippen LogP contribution in [0.2, 0.25) is 0 Å². The van der Waals surface area contributed by atoms with Crippen LogP contribution in [0.5, 0.6) is 0 Å². The van der Waals surface area contributed by atoms with Crippen LogP contribution in [0.1, 0.15) is 44.9 Å². The van der Waals surface area contributed by atoms with Crippen molar-refractivity contribution in [2.24, 2.45) is 29.5 Å². The molecule has 1 spiro atoms. The number of hydrazine groups is 1. The predicted octanol–water partition coefficient (Wildman–Crippen LogP) is 1.84. The first-order valence-electron chi connectivity index (χ1n) is 8.47. The lowest BCUT2D eigenvalue weighted by atomic mass is 9.74. The van der Waals surface area contributed by atoms with Gasteiger partial charge in [-0.3, -0.25) is 11.3 Å². The van der Waals surface area contributed by atoms with Crippen molar-refractivity contribution in [2.75, 3.05) is 19.8 Å². The lowest BCUT2D eigenvalue weighted by Crippen LogP contribution is -2.53. The van der Waals surface area contributed by atoms with Gasteiger partial charge in [0.15, 0.2) is 0 Å². The molecule has 0 radical (unpaired) electrons. The van der Waals surface area contributed by atoms with E-state index in [1.807, 2.05) is 0 Å². The van der Waals surface area contributed by atoms with E-state index in [-0.39, 0.29) is 5.60 Å². The quantitative estimate of drug-likeness (QED) is 0.612. The van der Waals surface area contributed by atoms with Crippen molar-refractivity contribution in [3.8, 4) is 0 Å². The topological polar surface area (TPSA) is 56.5 Å². The number of ether oxygens (including phenoxy) is 2. The minimum absolute atomic E-state index is 0.0950. The molecule has 4 unspecified atom stereocenters. The van der Waals surface area contributed by atoms with Gasteiger partial charge >= 0.3 is 0 Å². The van der Waals surface area contributed by atoms with Gasteiger partial charge in [0.25, 0.3) is 0 Å². The smallest absolute Gasteiger partial charge is 0.0729 e. The summed E-state index contributed by atoms with van der Waals surface area (Å²) in [5.41, 5.74) is 3.29. The van der Waals surface area contributed by atoms with Gasteiger partial charge in [-0.2, -0.15) is 0 Å². The van der Waals surface area contributed by atoms with Crippen molar-refractivity contribution < 1.29 is 9.47 Å². The van der Waals surface area contributed by atoms with E-state index in [0.29, 0.717) is 12.0 Å². The predicted molar refractivity (Wildman–Crippen MR) is 76.9 cm³/mol. The Hall–Kier alpha value is -0.160. The van der Waals surface area contributed by atoms with Crippen LogP contribution in [0.15, 0.2) is 0 Å². The SMILES string of the molecule is NNC(C1CC2CC2C1)C1CCOC2(CCOCC2)C1. The number of hydrogen-bond acceptors (Lipinski definition) is 4. The molecule has 2 aliphatic carbocycles. The largest absolute Gasteiger partial charge is 0.381 e. The van der Waals surface area contributed by atoms with Crippen molar-refractivity contribution >= 4 is 0 Å². The van der Waals surface area contributed by atoms with Gasteiger partial charge in [-0.1, -0.05) is 0 Å². The molecule has 2 saturated carbocycles. The molecule has 4 rings (SSSR count). The highest BCUT2D eigenvalue weighted by Crippen LogP contribution is 2.56. The lowest BCUT2D eigenvalue weighted by Gasteiger charge is -2.46. The Bertz CT molecular complexity index is 341. The van der Waals surface area contributed by atoms with Gasteiger partial charge in [-0.25, -0.2) is 0 Å². The molecule has 3 N–H and O–H groups in total. The van der Waals surface area contributed by atoms with Gasteiger partial charge in [0.2, 0.25) is 0 Å².